The van der Waals surface area contributed by atoms with E-state index in [-0.39, 0.29) is 12.6 Å². The Kier molecular flexibility index (Phi) is 6.07. The maximum Gasteiger partial charge on any atom is 0.416 e. The van der Waals surface area contributed by atoms with Crippen molar-refractivity contribution in [2.45, 2.75) is 36.4 Å². The highest BCUT2D eigenvalue weighted by molar-refractivity contribution is 7.89. The molecule has 1 amide bonds. The van der Waals surface area contributed by atoms with E-state index in [9.17, 15) is 26.4 Å². The van der Waals surface area contributed by atoms with Gasteiger partial charge in [-0.25, -0.2) is 13.1 Å². The third kappa shape index (κ3) is 4.93. The maximum atomic E-state index is 12.7. The molecule has 1 aromatic carbocycles. The summed E-state index contributed by atoms with van der Waals surface area (Å²) in [5.41, 5.74) is 4.55. The minimum Gasteiger partial charge on any atom is -0.337 e. The Bertz CT molecular complexity index is 722. The van der Waals surface area contributed by atoms with Crippen molar-refractivity contribution in [2.75, 3.05) is 19.6 Å². The van der Waals surface area contributed by atoms with Crippen LogP contribution in [-0.2, 0) is 21.0 Å². The van der Waals surface area contributed by atoms with Crippen LogP contribution in [0.15, 0.2) is 29.2 Å². The molecule has 2 rings (SSSR count). The zero-order valence-corrected chi connectivity index (χ0v) is 14.2. The second-order valence-electron chi connectivity index (χ2n) is 5.82. The molecule has 3 N–H and O–H groups in total. The fourth-order valence-corrected chi connectivity index (χ4v) is 3.78. The number of likely N-dealkylation sites (tertiary alicyclic amines) is 1. The van der Waals surface area contributed by atoms with Gasteiger partial charge in [0.2, 0.25) is 15.9 Å². The quantitative estimate of drug-likeness (QED) is 0.807. The summed E-state index contributed by atoms with van der Waals surface area (Å²) in [6, 6.07) is 3.24. The van der Waals surface area contributed by atoms with E-state index in [2.05, 4.69) is 4.72 Å². The number of nitrogens with one attached hydrogen (secondary N) is 1. The van der Waals surface area contributed by atoms with Gasteiger partial charge in [-0.15, -0.1) is 0 Å². The number of carbonyl (C=O) groups is 1. The van der Waals surface area contributed by atoms with Crippen LogP contribution in [0.5, 0.6) is 0 Å². The van der Waals surface area contributed by atoms with E-state index in [0.717, 1.165) is 37.5 Å². The van der Waals surface area contributed by atoms with Crippen molar-refractivity contribution in [3.05, 3.63) is 29.8 Å². The molecule has 10 heteroatoms. The fourth-order valence-electron chi connectivity index (χ4n) is 2.76. The lowest BCUT2D eigenvalue weighted by Gasteiger charge is -2.35. The number of nitrogens with zero attached hydrogens (tertiary/aromatic N) is 1. The lowest BCUT2D eigenvalue weighted by atomic mass is 10.0. The molecule has 0 saturated carbocycles. The number of benzene rings is 1. The molecule has 140 valence electrons. The standard InChI is InChI=1S/C15H20F3N3O3S/c16-15(17,18)11-4-3-6-13(8-11)25(23,24)20-10-14(22)21-7-2-1-5-12(21)9-19/h3-4,6,8,12,20H,1-2,5,7,9-10,19H2. The van der Waals surface area contributed by atoms with Crippen molar-refractivity contribution in [1.82, 2.24) is 9.62 Å². The van der Waals surface area contributed by atoms with Crippen LogP contribution >= 0.6 is 0 Å². The first-order valence-electron chi connectivity index (χ1n) is 7.81. The van der Waals surface area contributed by atoms with Gasteiger partial charge < -0.3 is 10.6 Å². The van der Waals surface area contributed by atoms with E-state index in [4.69, 9.17) is 5.73 Å². The SMILES string of the molecule is NCC1CCCCN1C(=O)CNS(=O)(=O)c1cccc(C(F)(F)F)c1. The Morgan fingerprint density at radius 2 is 2.04 bits per heavy atom. The highest BCUT2D eigenvalue weighted by atomic mass is 32.2. The number of hydrogen-bond donors (Lipinski definition) is 2. The Morgan fingerprint density at radius 3 is 2.68 bits per heavy atom. The minimum atomic E-state index is -4.65. The number of carbonyl (C=O) groups excluding carboxylic acids is 1. The third-order valence-electron chi connectivity index (χ3n) is 4.10. The second-order valence-corrected chi connectivity index (χ2v) is 7.59. The van der Waals surface area contributed by atoms with Crippen LogP contribution in [0.3, 0.4) is 0 Å². The van der Waals surface area contributed by atoms with E-state index < -0.39 is 39.1 Å². The zero-order chi connectivity index (χ0) is 18.7. The zero-order valence-electron chi connectivity index (χ0n) is 13.4. The van der Waals surface area contributed by atoms with Crippen molar-refractivity contribution >= 4 is 15.9 Å². The van der Waals surface area contributed by atoms with Gasteiger partial charge in [-0.2, -0.15) is 13.2 Å². The van der Waals surface area contributed by atoms with E-state index in [1.165, 1.54) is 4.90 Å². The molecule has 0 aromatic heterocycles. The largest absolute Gasteiger partial charge is 0.416 e. The van der Waals surface area contributed by atoms with Crippen molar-refractivity contribution < 1.29 is 26.4 Å². The second kappa shape index (κ2) is 7.71. The predicted molar refractivity (Wildman–Crippen MR) is 85.0 cm³/mol. The lowest BCUT2D eigenvalue weighted by molar-refractivity contribution is -0.137. The van der Waals surface area contributed by atoms with Crippen LogP contribution in [-0.4, -0.2) is 44.9 Å². The number of hydrogen-bond acceptors (Lipinski definition) is 4. The average molecular weight is 379 g/mol. The Morgan fingerprint density at radius 1 is 1.32 bits per heavy atom. The van der Waals surface area contributed by atoms with Crippen LogP contribution in [0.1, 0.15) is 24.8 Å². The number of piperidine rings is 1. The molecule has 0 aliphatic carbocycles. The smallest absolute Gasteiger partial charge is 0.337 e. The van der Waals surface area contributed by atoms with E-state index in [1.807, 2.05) is 0 Å². The predicted octanol–water partition coefficient (Wildman–Crippen LogP) is 1.32. The van der Waals surface area contributed by atoms with E-state index >= 15 is 0 Å². The normalized spacial score (nSPS) is 19.0. The molecular weight excluding hydrogens is 359 g/mol. The Labute approximate surface area is 144 Å². The molecule has 25 heavy (non-hydrogen) atoms. The number of nitrogens with two attached hydrogens (primary N) is 1. The summed E-state index contributed by atoms with van der Waals surface area (Å²) in [4.78, 5) is 13.2. The molecule has 0 spiro atoms. The topological polar surface area (TPSA) is 92.5 Å². The summed E-state index contributed by atoms with van der Waals surface area (Å²) < 4.78 is 64.5. The van der Waals surface area contributed by atoms with Gasteiger partial charge in [0.25, 0.3) is 0 Å². The van der Waals surface area contributed by atoms with Crippen LogP contribution in [0.2, 0.25) is 0 Å². The first kappa shape index (κ1) is 19.7. The summed E-state index contributed by atoms with van der Waals surface area (Å²) in [6.45, 7) is 0.257. The van der Waals surface area contributed by atoms with Gasteiger partial charge >= 0.3 is 6.18 Å². The molecule has 1 fully saturated rings. The van der Waals surface area contributed by atoms with Crippen molar-refractivity contribution in [1.29, 1.82) is 0 Å². The van der Waals surface area contributed by atoms with Crippen LogP contribution in [0.4, 0.5) is 13.2 Å². The average Bonchev–Trinajstić information content (AvgIpc) is 2.59. The molecule has 1 aromatic rings. The van der Waals surface area contributed by atoms with Gasteiger partial charge in [0.15, 0.2) is 0 Å². The maximum absolute atomic E-state index is 12.7. The third-order valence-corrected chi connectivity index (χ3v) is 5.50. The minimum absolute atomic E-state index is 0.140. The molecule has 6 nitrogen and oxygen atoms in total. The van der Waals surface area contributed by atoms with Crippen molar-refractivity contribution in [3.8, 4) is 0 Å². The van der Waals surface area contributed by atoms with Crippen molar-refractivity contribution in [3.63, 3.8) is 0 Å². The fraction of sp³-hybridized carbons (Fsp3) is 0.533. The molecule has 0 radical (unpaired) electrons. The number of sulfonamides is 1. The number of halogens is 3. The monoisotopic (exact) mass is 379 g/mol. The van der Waals surface area contributed by atoms with Gasteiger partial charge in [0.1, 0.15) is 0 Å². The summed E-state index contributed by atoms with van der Waals surface area (Å²) in [5.74, 6) is -0.439. The molecule has 1 aliphatic heterocycles. The van der Waals surface area contributed by atoms with Crippen LogP contribution in [0.25, 0.3) is 0 Å². The first-order chi connectivity index (χ1) is 11.6. The van der Waals surface area contributed by atoms with E-state index in [0.29, 0.717) is 12.6 Å². The highest BCUT2D eigenvalue weighted by Crippen LogP contribution is 2.30. The number of amides is 1. The molecule has 1 saturated heterocycles. The van der Waals surface area contributed by atoms with Crippen LogP contribution < -0.4 is 10.5 Å². The summed E-state index contributed by atoms with van der Waals surface area (Å²) in [5, 5.41) is 0. The Hall–Kier alpha value is -1.65. The van der Waals surface area contributed by atoms with Crippen molar-refractivity contribution in [2.24, 2.45) is 5.73 Å². The van der Waals surface area contributed by atoms with Gasteiger partial charge in [-0.05, 0) is 37.5 Å². The molecule has 1 unspecified atom stereocenters. The number of alkyl halides is 3. The summed E-state index contributed by atoms with van der Waals surface area (Å²) in [7, 11) is -4.23. The molecule has 1 heterocycles. The van der Waals surface area contributed by atoms with Gasteiger partial charge in [0, 0.05) is 19.1 Å². The lowest BCUT2D eigenvalue weighted by Crippen LogP contribution is -2.50. The van der Waals surface area contributed by atoms with Gasteiger partial charge in [-0.3, -0.25) is 4.79 Å². The summed E-state index contributed by atoms with van der Waals surface area (Å²) >= 11 is 0. The Balaban J connectivity index is 2.07. The molecule has 1 atom stereocenters. The summed E-state index contributed by atoms with van der Waals surface area (Å²) in [6.07, 6.45) is -2.14. The molecule has 1 aliphatic rings. The van der Waals surface area contributed by atoms with Crippen LogP contribution in [0, 0.1) is 0 Å². The molecule has 0 bridgehead atoms. The van der Waals surface area contributed by atoms with E-state index in [1.54, 1.807) is 0 Å². The van der Waals surface area contributed by atoms with Gasteiger partial charge in [0.05, 0.1) is 17.0 Å². The first-order valence-corrected chi connectivity index (χ1v) is 9.30. The van der Waals surface area contributed by atoms with Gasteiger partial charge in [-0.1, -0.05) is 6.07 Å². The highest BCUT2D eigenvalue weighted by Gasteiger charge is 2.32. The molecular formula is C15H20F3N3O3S. The number of rotatable bonds is 5.